The van der Waals surface area contributed by atoms with E-state index in [2.05, 4.69) is 31.9 Å². The van der Waals surface area contributed by atoms with Crippen molar-refractivity contribution in [2.45, 2.75) is 112 Å². The zero-order chi connectivity index (χ0) is 34.7. The number of carbonyl (C=O) groups is 6. The van der Waals surface area contributed by atoms with Crippen molar-refractivity contribution in [3.63, 3.8) is 0 Å². The van der Waals surface area contributed by atoms with E-state index < -0.39 is 61.1 Å². The number of amides is 3. The van der Waals surface area contributed by atoms with Crippen LogP contribution in [0.4, 0.5) is 0 Å². The van der Waals surface area contributed by atoms with Gasteiger partial charge < -0.3 is 42.1 Å². The van der Waals surface area contributed by atoms with Gasteiger partial charge in [0.2, 0.25) is 17.7 Å². The molecule has 4 unspecified atom stereocenters. The van der Waals surface area contributed by atoms with Crippen LogP contribution in [0.3, 0.4) is 0 Å². The molecule has 0 spiro atoms. The second-order valence-corrected chi connectivity index (χ2v) is 11.8. The molecule has 0 rings (SSSR count). The Morgan fingerprint density at radius 2 is 1.06 bits per heavy atom. The molecule has 14 nitrogen and oxygen atoms in total. The highest BCUT2D eigenvalue weighted by molar-refractivity contribution is 5.94. The van der Waals surface area contributed by atoms with Crippen molar-refractivity contribution in [3.05, 3.63) is 0 Å². The Bertz CT molecular complexity index is 921. The minimum atomic E-state index is -1.26. The Balaban J connectivity index is -0.00000337. The summed E-state index contributed by atoms with van der Waals surface area (Å²) in [6.07, 6.45) is 6.64. The molecule has 0 aromatic heterocycles. The molecule has 3 amide bonds. The molecule has 0 fully saturated rings. The molecule has 4 atom stereocenters. The maximum Gasteiger partial charge on any atom is 0.322 e. The van der Waals surface area contributed by atoms with E-state index in [1.807, 2.05) is 28.1 Å². The number of unbranched alkanes of at least 4 members (excludes halogenated alkanes) is 3. The Hall–Kier alpha value is -2.94. The molecule has 49 heavy (non-hydrogen) atoms. The number of carboxylic acid groups (broad SMARTS) is 1. The smallest absolute Gasteiger partial charge is 0.322 e. The summed E-state index contributed by atoms with van der Waals surface area (Å²) >= 11 is 0. The maximum absolute atomic E-state index is 13.7. The molecule has 0 aliphatic carbocycles. The number of Topliss-reactive ketones (excluding diaryl/α,β-unsaturated/α-hetero) is 2. The molecular formula is C35H72N6O8. The van der Waals surface area contributed by atoms with Crippen LogP contribution in [0.1, 0.15) is 106 Å². The third-order valence-electron chi connectivity index (χ3n) is 7.95. The quantitative estimate of drug-likeness (QED) is 0.0507. The van der Waals surface area contributed by atoms with Crippen LogP contribution >= 0.6 is 0 Å². The summed E-state index contributed by atoms with van der Waals surface area (Å²) < 4.78 is 0. The first-order chi connectivity index (χ1) is 22.0. The first-order valence-electron chi connectivity index (χ1n) is 16.7. The molecule has 0 heterocycles. The fourth-order valence-electron chi connectivity index (χ4n) is 5.09. The zero-order valence-corrected chi connectivity index (χ0v) is 28.4. The predicted octanol–water partition coefficient (Wildman–Crippen LogP) is 2.03. The highest BCUT2D eigenvalue weighted by Gasteiger charge is 2.29. The van der Waals surface area contributed by atoms with Gasteiger partial charge in [0.25, 0.3) is 0 Å². The molecular weight excluding hydrogens is 632 g/mol. The highest BCUT2D eigenvalue weighted by Crippen LogP contribution is 2.19. The van der Waals surface area contributed by atoms with Gasteiger partial charge in [-0.15, -0.1) is 0 Å². The lowest BCUT2D eigenvalue weighted by Gasteiger charge is -2.24. The molecule has 290 valence electrons. The van der Waals surface area contributed by atoms with Crippen molar-refractivity contribution >= 4 is 35.3 Å². The molecule has 8 N–H and O–H groups in total. The Labute approximate surface area is 296 Å². The van der Waals surface area contributed by atoms with Gasteiger partial charge >= 0.3 is 5.97 Å². The van der Waals surface area contributed by atoms with Crippen molar-refractivity contribution in [3.8, 4) is 0 Å². The number of hydrogen-bond acceptors (Lipinski definition) is 10. The molecule has 0 aromatic rings. The van der Waals surface area contributed by atoms with Crippen LogP contribution in [0, 0.1) is 17.8 Å². The van der Waals surface area contributed by atoms with E-state index in [0.29, 0.717) is 25.7 Å². The van der Waals surface area contributed by atoms with Gasteiger partial charge in [0.05, 0.1) is 25.1 Å². The summed E-state index contributed by atoms with van der Waals surface area (Å²) in [6.45, 7) is 2.64. The van der Waals surface area contributed by atoms with Crippen LogP contribution in [0.5, 0.6) is 0 Å². The molecule has 0 aromatic carbocycles. The van der Waals surface area contributed by atoms with Gasteiger partial charge in [-0.05, 0) is 92.1 Å². The number of carboxylic acids is 1. The monoisotopic (exact) mass is 705 g/mol. The Morgan fingerprint density at radius 3 is 1.53 bits per heavy atom. The Morgan fingerprint density at radius 1 is 0.592 bits per heavy atom. The summed E-state index contributed by atoms with van der Waals surface area (Å²) in [5, 5.41) is 35.2. The third kappa shape index (κ3) is 25.7. The SMILES string of the molecule is C.C.C.CCC(CCCCNC)C(=O)NC(CCCCNC)C(=O)CC(CCCCNC)C(=O)NCC(=O)CC(CO)C(=O)NCC(=O)O. The lowest BCUT2D eigenvalue weighted by molar-refractivity contribution is -0.139. The fourth-order valence-corrected chi connectivity index (χ4v) is 5.09. The van der Waals surface area contributed by atoms with Gasteiger partial charge in [-0.25, -0.2) is 0 Å². The standard InChI is InChI=1S/C32H60N6O8.3CH4/c1-5-23(12-6-9-15-33-2)32(46)38-27(14-8-11-17-35-4)28(41)19-24(13-7-10-16-34-3)30(44)36-20-26(40)18-25(22-39)31(45)37-21-29(42)43;;;/h23-25,27,33-35,39H,5-22H2,1-4H3,(H,36,44)(H,37,45)(H,38,46)(H,42,43);3*1H4. The average molecular weight is 705 g/mol. The largest absolute Gasteiger partial charge is 0.480 e. The highest BCUT2D eigenvalue weighted by atomic mass is 16.4. The first-order valence-corrected chi connectivity index (χ1v) is 16.7. The van der Waals surface area contributed by atoms with Crippen LogP contribution in [-0.2, 0) is 28.8 Å². The normalized spacial score (nSPS) is 12.8. The van der Waals surface area contributed by atoms with Gasteiger partial charge in [-0.2, -0.15) is 0 Å². The van der Waals surface area contributed by atoms with E-state index in [1.165, 1.54) is 0 Å². The molecule has 0 radical (unpaired) electrons. The van der Waals surface area contributed by atoms with Gasteiger partial charge in [0, 0.05) is 24.7 Å². The van der Waals surface area contributed by atoms with Crippen molar-refractivity contribution in [1.82, 2.24) is 31.9 Å². The topological polar surface area (TPSA) is 215 Å². The fraction of sp³-hybridized carbons (Fsp3) is 0.829. The molecule has 0 bridgehead atoms. The van der Waals surface area contributed by atoms with Crippen molar-refractivity contribution in [2.75, 3.05) is 60.5 Å². The Kier molecular flexibility index (Phi) is 36.2. The average Bonchev–Trinajstić information content (AvgIpc) is 3.03. The number of ketones is 2. The molecule has 14 heteroatoms. The van der Waals surface area contributed by atoms with Crippen molar-refractivity contribution in [1.29, 1.82) is 0 Å². The molecule has 0 aliphatic heterocycles. The zero-order valence-electron chi connectivity index (χ0n) is 28.4. The number of carbonyl (C=O) groups excluding carboxylic acids is 5. The molecule has 0 saturated heterocycles. The van der Waals surface area contributed by atoms with E-state index in [9.17, 15) is 33.9 Å². The van der Waals surface area contributed by atoms with Gasteiger partial charge in [-0.1, -0.05) is 42.0 Å². The van der Waals surface area contributed by atoms with Gasteiger partial charge in [-0.3, -0.25) is 28.8 Å². The summed E-state index contributed by atoms with van der Waals surface area (Å²) in [6, 6.07) is -0.723. The number of aliphatic hydroxyl groups excluding tert-OH is 1. The summed E-state index contributed by atoms with van der Waals surface area (Å²) in [7, 11) is 5.57. The van der Waals surface area contributed by atoms with Gasteiger partial charge in [0.1, 0.15) is 6.54 Å². The lowest BCUT2D eigenvalue weighted by atomic mass is 9.90. The van der Waals surface area contributed by atoms with Crippen LogP contribution < -0.4 is 31.9 Å². The lowest BCUT2D eigenvalue weighted by Crippen LogP contribution is -2.45. The first kappa shape index (κ1) is 52.9. The summed E-state index contributed by atoms with van der Waals surface area (Å²) in [4.78, 5) is 75.5. The van der Waals surface area contributed by atoms with E-state index in [0.717, 1.165) is 58.2 Å². The minimum absolute atomic E-state index is 0. The number of aliphatic hydroxyl groups is 1. The second kappa shape index (κ2) is 33.6. The predicted molar refractivity (Wildman–Crippen MR) is 196 cm³/mol. The number of aliphatic carboxylic acids is 1. The maximum atomic E-state index is 13.7. The summed E-state index contributed by atoms with van der Waals surface area (Å²) in [5.74, 6) is -5.47. The van der Waals surface area contributed by atoms with Crippen molar-refractivity contribution < 1.29 is 39.0 Å². The van der Waals surface area contributed by atoms with Gasteiger partial charge in [0.15, 0.2) is 11.6 Å². The van der Waals surface area contributed by atoms with Crippen LogP contribution in [0.25, 0.3) is 0 Å². The van der Waals surface area contributed by atoms with Crippen molar-refractivity contribution in [2.24, 2.45) is 17.8 Å². The summed E-state index contributed by atoms with van der Waals surface area (Å²) in [5.41, 5.74) is 0. The second-order valence-electron chi connectivity index (χ2n) is 11.8. The van der Waals surface area contributed by atoms with E-state index in [1.54, 1.807) is 0 Å². The minimum Gasteiger partial charge on any atom is -0.480 e. The van der Waals surface area contributed by atoms with Crippen LogP contribution in [-0.4, -0.2) is 112 Å². The molecule has 0 saturated carbocycles. The van der Waals surface area contributed by atoms with Crippen LogP contribution in [0.15, 0.2) is 0 Å². The van der Waals surface area contributed by atoms with E-state index in [-0.39, 0.29) is 52.7 Å². The van der Waals surface area contributed by atoms with E-state index >= 15 is 0 Å². The van der Waals surface area contributed by atoms with Crippen LogP contribution in [0.2, 0.25) is 0 Å². The number of rotatable bonds is 30. The number of nitrogens with one attached hydrogen (secondary N) is 6. The third-order valence-corrected chi connectivity index (χ3v) is 7.95. The van der Waals surface area contributed by atoms with E-state index in [4.69, 9.17) is 5.11 Å². The molecule has 0 aliphatic rings. The number of hydrogen-bond donors (Lipinski definition) is 8.